The molecule has 0 bridgehead atoms. The summed E-state index contributed by atoms with van der Waals surface area (Å²) in [6.45, 7) is 4.68. The molecule has 0 aliphatic heterocycles. The van der Waals surface area contributed by atoms with Gasteiger partial charge in [0.25, 0.3) is 0 Å². The van der Waals surface area contributed by atoms with Gasteiger partial charge in [-0.15, -0.1) is 0 Å². The van der Waals surface area contributed by atoms with Gasteiger partial charge in [-0.3, -0.25) is 0 Å². The second kappa shape index (κ2) is 5.02. The van der Waals surface area contributed by atoms with Crippen molar-refractivity contribution < 1.29 is 4.42 Å². The van der Waals surface area contributed by atoms with Gasteiger partial charge in [0.1, 0.15) is 11.5 Å². The molecule has 2 rings (SSSR count). The van der Waals surface area contributed by atoms with Gasteiger partial charge >= 0.3 is 0 Å². The summed E-state index contributed by atoms with van der Waals surface area (Å²) >= 11 is 0. The third kappa shape index (κ3) is 2.66. The van der Waals surface area contributed by atoms with Crippen LogP contribution in [0.3, 0.4) is 0 Å². The van der Waals surface area contributed by atoms with Crippen LogP contribution >= 0.6 is 0 Å². The summed E-state index contributed by atoms with van der Waals surface area (Å²) in [5.74, 6) is 2.00. The smallest absolute Gasteiger partial charge is 0.117 e. The number of rotatable bonds is 6. The van der Waals surface area contributed by atoms with E-state index >= 15 is 0 Å². The van der Waals surface area contributed by atoms with Gasteiger partial charge in [-0.2, -0.15) is 0 Å². The minimum atomic E-state index is 0.450. The monoisotopic (exact) mass is 222 g/mol. The normalized spacial score (nSPS) is 18.4. The first-order chi connectivity index (χ1) is 7.74. The molecule has 0 saturated heterocycles. The molecule has 1 aromatic rings. The predicted molar refractivity (Wildman–Crippen MR) is 65.1 cm³/mol. The molecule has 1 aromatic heterocycles. The quantitative estimate of drug-likeness (QED) is 0.725. The van der Waals surface area contributed by atoms with E-state index < -0.39 is 0 Å². The van der Waals surface area contributed by atoms with Crippen molar-refractivity contribution in [1.29, 1.82) is 0 Å². The van der Waals surface area contributed by atoms with Gasteiger partial charge in [-0.05, 0) is 56.8 Å². The predicted octanol–water partition coefficient (Wildman–Crippen LogP) is 2.20. The summed E-state index contributed by atoms with van der Waals surface area (Å²) < 4.78 is 5.50. The Morgan fingerprint density at radius 3 is 2.75 bits per heavy atom. The Kier molecular flexibility index (Phi) is 3.66. The molecule has 1 heterocycles. The maximum absolute atomic E-state index is 5.82. The number of nitrogens with two attached hydrogens (primary N) is 1. The van der Waals surface area contributed by atoms with E-state index in [-0.39, 0.29) is 0 Å². The van der Waals surface area contributed by atoms with Gasteiger partial charge in [0.2, 0.25) is 0 Å². The zero-order chi connectivity index (χ0) is 11.4. The van der Waals surface area contributed by atoms with E-state index in [1.54, 1.807) is 0 Å². The summed E-state index contributed by atoms with van der Waals surface area (Å²) in [7, 11) is 0. The molecule has 90 valence electrons. The van der Waals surface area contributed by atoms with Gasteiger partial charge in [0.15, 0.2) is 0 Å². The molecular formula is C13H22N2O. The van der Waals surface area contributed by atoms with Crippen molar-refractivity contribution in [3.8, 4) is 0 Å². The topological polar surface area (TPSA) is 51.2 Å². The van der Waals surface area contributed by atoms with E-state index in [4.69, 9.17) is 10.2 Å². The van der Waals surface area contributed by atoms with Crippen LogP contribution < -0.4 is 11.1 Å². The molecule has 3 heteroatoms. The average Bonchev–Trinajstić information content (AvgIpc) is 2.62. The molecule has 1 fully saturated rings. The maximum atomic E-state index is 5.82. The Morgan fingerprint density at radius 1 is 1.44 bits per heavy atom. The van der Waals surface area contributed by atoms with Gasteiger partial charge in [0.05, 0.1) is 6.54 Å². The molecule has 0 atom stereocenters. The van der Waals surface area contributed by atoms with Crippen molar-refractivity contribution in [2.75, 3.05) is 13.1 Å². The van der Waals surface area contributed by atoms with Crippen LogP contribution in [0.1, 0.15) is 37.2 Å². The fourth-order valence-corrected chi connectivity index (χ4v) is 2.38. The molecule has 3 N–H and O–H groups in total. The SMILES string of the molecule is Cc1ccc(CNCCC2(CN)CCC2)o1. The summed E-state index contributed by atoms with van der Waals surface area (Å²) in [5.41, 5.74) is 6.27. The first-order valence-electron chi connectivity index (χ1n) is 6.20. The summed E-state index contributed by atoms with van der Waals surface area (Å²) in [5, 5.41) is 3.42. The van der Waals surface area contributed by atoms with Crippen LogP contribution in [0.5, 0.6) is 0 Å². The van der Waals surface area contributed by atoms with Crippen LogP contribution in [0.25, 0.3) is 0 Å². The zero-order valence-electron chi connectivity index (χ0n) is 10.1. The van der Waals surface area contributed by atoms with E-state index in [1.165, 1.54) is 25.7 Å². The van der Waals surface area contributed by atoms with Gasteiger partial charge in [-0.1, -0.05) is 6.42 Å². The lowest BCUT2D eigenvalue weighted by atomic mass is 9.67. The number of aryl methyl sites for hydroxylation is 1. The highest BCUT2D eigenvalue weighted by Crippen LogP contribution is 2.42. The fourth-order valence-electron chi connectivity index (χ4n) is 2.38. The summed E-state index contributed by atoms with van der Waals surface area (Å²) in [4.78, 5) is 0. The highest BCUT2D eigenvalue weighted by atomic mass is 16.3. The van der Waals surface area contributed by atoms with E-state index in [0.717, 1.165) is 31.2 Å². The molecule has 0 aromatic carbocycles. The minimum Gasteiger partial charge on any atom is -0.465 e. The van der Waals surface area contributed by atoms with Crippen molar-refractivity contribution in [3.63, 3.8) is 0 Å². The zero-order valence-corrected chi connectivity index (χ0v) is 10.1. The molecule has 3 nitrogen and oxygen atoms in total. The molecule has 0 unspecified atom stereocenters. The highest BCUT2D eigenvalue weighted by Gasteiger charge is 2.34. The van der Waals surface area contributed by atoms with E-state index in [9.17, 15) is 0 Å². The van der Waals surface area contributed by atoms with Crippen molar-refractivity contribution in [2.24, 2.45) is 11.1 Å². The average molecular weight is 222 g/mol. The third-order valence-electron chi connectivity index (χ3n) is 3.77. The molecule has 1 aliphatic rings. The lowest BCUT2D eigenvalue weighted by molar-refractivity contribution is 0.130. The molecule has 0 radical (unpaired) electrons. The highest BCUT2D eigenvalue weighted by molar-refractivity contribution is 5.05. The second-order valence-corrected chi connectivity index (χ2v) is 5.00. The Balaban J connectivity index is 1.65. The Bertz CT molecular complexity index is 323. The minimum absolute atomic E-state index is 0.450. The number of nitrogens with one attached hydrogen (secondary N) is 1. The van der Waals surface area contributed by atoms with Crippen LogP contribution in [-0.2, 0) is 6.54 Å². The van der Waals surface area contributed by atoms with Crippen LogP contribution in [-0.4, -0.2) is 13.1 Å². The maximum Gasteiger partial charge on any atom is 0.117 e. The van der Waals surface area contributed by atoms with Gasteiger partial charge in [0, 0.05) is 0 Å². The lowest BCUT2D eigenvalue weighted by Crippen LogP contribution is -2.39. The Hall–Kier alpha value is -0.800. The Labute approximate surface area is 97.4 Å². The van der Waals surface area contributed by atoms with E-state index in [0.29, 0.717) is 5.41 Å². The standard InChI is InChI=1S/C13H22N2O/c1-11-3-4-12(16-11)9-15-8-7-13(10-14)5-2-6-13/h3-4,15H,2,5-10,14H2,1H3. The van der Waals surface area contributed by atoms with Crippen molar-refractivity contribution in [2.45, 2.75) is 39.2 Å². The first kappa shape index (κ1) is 11.7. The van der Waals surface area contributed by atoms with Gasteiger partial charge < -0.3 is 15.5 Å². The van der Waals surface area contributed by atoms with E-state index in [2.05, 4.69) is 5.32 Å². The summed E-state index contributed by atoms with van der Waals surface area (Å²) in [6, 6.07) is 4.04. The largest absolute Gasteiger partial charge is 0.465 e. The molecule has 0 amide bonds. The molecule has 16 heavy (non-hydrogen) atoms. The fraction of sp³-hybridized carbons (Fsp3) is 0.692. The lowest BCUT2D eigenvalue weighted by Gasteiger charge is -2.41. The number of hydrogen-bond acceptors (Lipinski definition) is 3. The number of furan rings is 1. The Morgan fingerprint density at radius 2 is 2.25 bits per heavy atom. The third-order valence-corrected chi connectivity index (χ3v) is 3.77. The molecular weight excluding hydrogens is 200 g/mol. The van der Waals surface area contributed by atoms with Crippen molar-refractivity contribution in [3.05, 3.63) is 23.7 Å². The van der Waals surface area contributed by atoms with Gasteiger partial charge in [-0.25, -0.2) is 0 Å². The molecule has 0 spiro atoms. The van der Waals surface area contributed by atoms with Crippen LogP contribution in [0.2, 0.25) is 0 Å². The van der Waals surface area contributed by atoms with Crippen LogP contribution in [0.4, 0.5) is 0 Å². The van der Waals surface area contributed by atoms with Crippen LogP contribution in [0.15, 0.2) is 16.5 Å². The first-order valence-corrected chi connectivity index (χ1v) is 6.20. The molecule has 1 saturated carbocycles. The van der Waals surface area contributed by atoms with Crippen molar-refractivity contribution in [1.82, 2.24) is 5.32 Å². The van der Waals surface area contributed by atoms with Crippen LogP contribution in [0, 0.1) is 12.3 Å². The van der Waals surface area contributed by atoms with Crippen molar-refractivity contribution >= 4 is 0 Å². The summed E-state index contributed by atoms with van der Waals surface area (Å²) in [6.07, 6.45) is 5.17. The molecule has 1 aliphatic carbocycles. The number of hydrogen-bond donors (Lipinski definition) is 2. The van der Waals surface area contributed by atoms with E-state index in [1.807, 2.05) is 19.1 Å². The second-order valence-electron chi connectivity index (χ2n) is 5.00.